The molecule has 7 heteroatoms. The van der Waals surface area contributed by atoms with E-state index in [4.69, 9.17) is 37.4 Å². The van der Waals surface area contributed by atoms with Crippen LogP contribution >= 0.6 is 23.2 Å². The summed E-state index contributed by atoms with van der Waals surface area (Å²) in [5.41, 5.74) is 1.62. The van der Waals surface area contributed by atoms with Gasteiger partial charge in [-0.3, -0.25) is 0 Å². The first-order valence-corrected chi connectivity index (χ1v) is 9.17. The van der Waals surface area contributed by atoms with Crippen molar-refractivity contribution in [3.05, 3.63) is 57.6 Å². The van der Waals surface area contributed by atoms with Crippen LogP contribution in [0.3, 0.4) is 0 Å². The Balaban J connectivity index is 2.16. The number of benzene rings is 2. The zero-order valence-electron chi connectivity index (χ0n) is 15.4. The molecule has 1 atom stereocenters. The van der Waals surface area contributed by atoms with Crippen molar-refractivity contribution in [3.63, 3.8) is 0 Å². The number of halogens is 2. The summed E-state index contributed by atoms with van der Waals surface area (Å²) in [5, 5.41) is 10.3. The van der Waals surface area contributed by atoms with Crippen LogP contribution in [-0.2, 0) is 22.6 Å². The molecular formula is C20H22Cl2O5. The maximum absolute atomic E-state index is 11.4. The Bertz CT molecular complexity index is 792. The van der Waals surface area contributed by atoms with Gasteiger partial charge < -0.3 is 19.3 Å². The lowest BCUT2D eigenvalue weighted by Gasteiger charge is -2.18. The fourth-order valence-corrected chi connectivity index (χ4v) is 2.81. The van der Waals surface area contributed by atoms with Crippen LogP contribution in [0.25, 0.3) is 0 Å². The molecule has 0 radical (unpaired) electrons. The summed E-state index contributed by atoms with van der Waals surface area (Å²) >= 11 is 11.9. The van der Waals surface area contributed by atoms with Crippen LogP contribution in [0.1, 0.15) is 25.0 Å². The van der Waals surface area contributed by atoms with E-state index < -0.39 is 12.1 Å². The average molecular weight is 413 g/mol. The monoisotopic (exact) mass is 412 g/mol. The van der Waals surface area contributed by atoms with E-state index in [1.165, 1.54) is 0 Å². The molecule has 1 unspecified atom stereocenters. The highest BCUT2D eigenvalue weighted by Crippen LogP contribution is 2.30. The van der Waals surface area contributed by atoms with Crippen LogP contribution in [0.5, 0.6) is 11.5 Å². The second-order valence-corrected chi connectivity index (χ2v) is 7.05. The van der Waals surface area contributed by atoms with Gasteiger partial charge in [0.25, 0.3) is 0 Å². The zero-order valence-corrected chi connectivity index (χ0v) is 16.9. The molecule has 0 saturated carbocycles. The molecule has 2 rings (SSSR count). The average Bonchev–Trinajstić information content (AvgIpc) is 2.62. The summed E-state index contributed by atoms with van der Waals surface area (Å²) < 4.78 is 16.7. The number of ether oxygens (including phenoxy) is 3. The molecule has 0 fully saturated rings. The summed E-state index contributed by atoms with van der Waals surface area (Å²) in [6.07, 6.45) is -0.892. The first kappa shape index (κ1) is 21.4. The molecule has 0 spiro atoms. The Morgan fingerprint density at radius 2 is 1.74 bits per heavy atom. The third kappa shape index (κ3) is 6.31. The van der Waals surface area contributed by atoms with Crippen LogP contribution < -0.4 is 9.47 Å². The van der Waals surface area contributed by atoms with Gasteiger partial charge >= 0.3 is 5.97 Å². The van der Waals surface area contributed by atoms with Crippen LogP contribution in [-0.4, -0.2) is 30.4 Å². The van der Waals surface area contributed by atoms with Gasteiger partial charge in [0.05, 0.1) is 23.3 Å². The summed E-state index contributed by atoms with van der Waals surface area (Å²) in [4.78, 5) is 11.4. The lowest BCUT2D eigenvalue weighted by molar-refractivity contribution is -0.153. The first-order chi connectivity index (χ1) is 12.8. The van der Waals surface area contributed by atoms with Gasteiger partial charge in [-0.1, -0.05) is 35.3 Å². The molecule has 5 nitrogen and oxygen atoms in total. The second-order valence-electron chi connectivity index (χ2n) is 6.24. The maximum atomic E-state index is 11.4. The number of aliphatic carboxylic acids is 1. The summed E-state index contributed by atoms with van der Waals surface area (Å²) in [7, 11) is 1.54. The van der Waals surface area contributed by atoms with Crippen molar-refractivity contribution in [2.45, 2.75) is 39.1 Å². The van der Waals surface area contributed by atoms with E-state index >= 15 is 0 Å². The SMILES string of the molecule is COc1ccc(CC(OC(C)C)C(=O)O)cc1OCc1ccc(Cl)c(Cl)c1. The van der Waals surface area contributed by atoms with Crippen molar-refractivity contribution in [3.8, 4) is 11.5 Å². The smallest absolute Gasteiger partial charge is 0.333 e. The first-order valence-electron chi connectivity index (χ1n) is 8.42. The molecule has 0 heterocycles. The molecule has 0 aliphatic carbocycles. The van der Waals surface area contributed by atoms with E-state index in [1.54, 1.807) is 51.3 Å². The van der Waals surface area contributed by atoms with Crippen molar-refractivity contribution in [1.29, 1.82) is 0 Å². The Hall–Kier alpha value is -1.95. The van der Waals surface area contributed by atoms with Crippen LogP contribution in [0, 0.1) is 0 Å². The molecule has 0 aliphatic rings. The van der Waals surface area contributed by atoms with Crippen molar-refractivity contribution >= 4 is 29.2 Å². The van der Waals surface area contributed by atoms with Gasteiger partial charge in [0.2, 0.25) is 0 Å². The highest BCUT2D eigenvalue weighted by Gasteiger charge is 2.21. The normalized spacial score (nSPS) is 12.1. The Morgan fingerprint density at radius 1 is 1.04 bits per heavy atom. The highest BCUT2D eigenvalue weighted by atomic mass is 35.5. The highest BCUT2D eigenvalue weighted by molar-refractivity contribution is 6.42. The number of carbonyl (C=O) groups is 1. The zero-order chi connectivity index (χ0) is 20.0. The van der Waals surface area contributed by atoms with Crippen LogP contribution in [0.2, 0.25) is 10.0 Å². The van der Waals surface area contributed by atoms with Crippen LogP contribution in [0.4, 0.5) is 0 Å². The van der Waals surface area contributed by atoms with Crippen molar-refractivity contribution in [2.75, 3.05) is 7.11 Å². The molecule has 1 N–H and O–H groups in total. The van der Waals surface area contributed by atoms with Gasteiger partial charge in [0.15, 0.2) is 17.6 Å². The minimum absolute atomic E-state index is 0.185. The van der Waals surface area contributed by atoms with E-state index in [0.29, 0.717) is 21.5 Å². The molecule has 146 valence electrons. The third-order valence-corrected chi connectivity index (χ3v) is 4.48. The minimum atomic E-state index is -1.00. The topological polar surface area (TPSA) is 65.0 Å². The lowest BCUT2D eigenvalue weighted by Crippen LogP contribution is -2.29. The van der Waals surface area contributed by atoms with Crippen molar-refractivity contribution in [2.24, 2.45) is 0 Å². The number of methoxy groups -OCH3 is 1. The standard InChI is InChI=1S/C20H22Cl2O5/c1-12(2)27-19(20(23)24)10-13-5-7-17(25-3)18(9-13)26-11-14-4-6-15(21)16(22)8-14/h4-9,12,19H,10-11H2,1-3H3,(H,23,24). The van der Waals surface area contributed by atoms with Gasteiger partial charge in [0, 0.05) is 6.42 Å². The fourth-order valence-electron chi connectivity index (χ4n) is 2.49. The van der Waals surface area contributed by atoms with Gasteiger partial charge in [-0.25, -0.2) is 4.79 Å². The maximum Gasteiger partial charge on any atom is 0.333 e. The predicted molar refractivity (Wildman–Crippen MR) is 105 cm³/mol. The molecule has 0 amide bonds. The molecule has 0 aliphatic heterocycles. The number of rotatable bonds is 9. The quantitative estimate of drug-likeness (QED) is 0.627. The van der Waals surface area contributed by atoms with Gasteiger partial charge in [0.1, 0.15) is 6.61 Å². The number of hydrogen-bond acceptors (Lipinski definition) is 4. The molecule has 0 aromatic heterocycles. The number of carboxylic acid groups (broad SMARTS) is 1. The second kappa shape index (κ2) is 9.83. The van der Waals surface area contributed by atoms with E-state index in [1.807, 2.05) is 6.07 Å². The Morgan fingerprint density at radius 3 is 2.33 bits per heavy atom. The molecule has 0 bridgehead atoms. The Labute approximate surface area is 168 Å². The van der Waals surface area contributed by atoms with E-state index in [0.717, 1.165) is 11.1 Å². The molecule has 27 heavy (non-hydrogen) atoms. The molecule has 0 saturated heterocycles. The third-order valence-electron chi connectivity index (χ3n) is 3.74. The summed E-state index contributed by atoms with van der Waals surface area (Å²) in [6.45, 7) is 3.87. The van der Waals surface area contributed by atoms with E-state index in [9.17, 15) is 9.90 Å². The molecule has 2 aromatic carbocycles. The molecule has 2 aromatic rings. The van der Waals surface area contributed by atoms with Crippen LogP contribution in [0.15, 0.2) is 36.4 Å². The Kier molecular flexibility index (Phi) is 7.78. The van der Waals surface area contributed by atoms with Crippen molar-refractivity contribution in [1.82, 2.24) is 0 Å². The number of hydrogen-bond donors (Lipinski definition) is 1. The largest absolute Gasteiger partial charge is 0.493 e. The minimum Gasteiger partial charge on any atom is -0.493 e. The predicted octanol–water partition coefficient (Wildman–Crippen LogP) is 5.00. The van der Waals surface area contributed by atoms with Gasteiger partial charge in [-0.2, -0.15) is 0 Å². The number of carboxylic acids is 1. The summed E-state index contributed by atoms with van der Waals surface area (Å²) in [6, 6.07) is 10.6. The molecular weight excluding hydrogens is 391 g/mol. The van der Waals surface area contributed by atoms with Crippen molar-refractivity contribution < 1.29 is 24.1 Å². The van der Waals surface area contributed by atoms with Gasteiger partial charge in [-0.15, -0.1) is 0 Å². The van der Waals surface area contributed by atoms with E-state index in [2.05, 4.69) is 0 Å². The van der Waals surface area contributed by atoms with Gasteiger partial charge in [-0.05, 0) is 49.2 Å². The van der Waals surface area contributed by atoms with E-state index in [-0.39, 0.29) is 19.1 Å². The lowest BCUT2D eigenvalue weighted by atomic mass is 10.1. The fraction of sp³-hybridized carbons (Fsp3) is 0.350. The summed E-state index contributed by atoms with van der Waals surface area (Å²) in [5.74, 6) is 0.0583.